The van der Waals surface area contributed by atoms with E-state index in [4.69, 9.17) is 0 Å². The SMILES string of the molecule is CN(C)C(=O)c1cn(CC2CN3CCN2CC3)c2ccc(I)cc2c1=O. The van der Waals surface area contributed by atoms with Crippen LogP contribution in [-0.2, 0) is 6.54 Å². The summed E-state index contributed by atoms with van der Waals surface area (Å²) < 4.78 is 3.11. The highest BCUT2D eigenvalue weighted by atomic mass is 127. The zero-order chi connectivity index (χ0) is 18.4. The lowest BCUT2D eigenvalue weighted by Gasteiger charge is -2.47. The van der Waals surface area contributed by atoms with E-state index in [1.165, 1.54) is 4.90 Å². The van der Waals surface area contributed by atoms with Crippen molar-refractivity contribution in [2.45, 2.75) is 12.6 Å². The minimum absolute atomic E-state index is 0.178. The first-order valence-electron chi connectivity index (χ1n) is 8.95. The number of benzene rings is 1. The maximum Gasteiger partial charge on any atom is 0.258 e. The summed E-state index contributed by atoms with van der Waals surface area (Å²) in [5.74, 6) is -0.237. The monoisotopic (exact) mass is 466 g/mol. The number of carbonyl (C=O) groups is 1. The summed E-state index contributed by atoms with van der Waals surface area (Å²) in [5.41, 5.74) is 0.979. The molecule has 2 aromatic rings. The van der Waals surface area contributed by atoms with Gasteiger partial charge in [0, 0.05) is 74.6 Å². The van der Waals surface area contributed by atoms with Gasteiger partial charge in [-0.2, -0.15) is 0 Å². The van der Waals surface area contributed by atoms with E-state index in [0.29, 0.717) is 11.4 Å². The molecule has 0 aliphatic carbocycles. The van der Waals surface area contributed by atoms with Crippen molar-refractivity contribution in [3.05, 3.63) is 43.8 Å². The molecule has 1 aromatic carbocycles. The van der Waals surface area contributed by atoms with Gasteiger partial charge in [0.15, 0.2) is 0 Å². The van der Waals surface area contributed by atoms with Crippen LogP contribution in [0.3, 0.4) is 0 Å². The largest absolute Gasteiger partial charge is 0.345 e. The Bertz CT molecular complexity index is 916. The molecule has 6 nitrogen and oxygen atoms in total. The first-order valence-corrected chi connectivity index (χ1v) is 10.0. The molecule has 3 fully saturated rings. The van der Waals surface area contributed by atoms with E-state index in [9.17, 15) is 9.59 Å². The Labute approximate surface area is 166 Å². The highest BCUT2D eigenvalue weighted by Gasteiger charge is 2.32. The molecule has 7 heteroatoms. The maximum atomic E-state index is 12.9. The predicted molar refractivity (Wildman–Crippen MR) is 111 cm³/mol. The summed E-state index contributed by atoms with van der Waals surface area (Å²) in [5, 5.41) is 0.626. The van der Waals surface area contributed by atoms with Gasteiger partial charge in [-0.3, -0.25) is 19.4 Å². The van der Waals surface area contributed by atoms with Gasteiger partial charge >= 0.3 is 0 Å². The van der Waals surface area contributed by atoms with E-state index >= 15 is 0 Å². The molecular weight excluding hydrogens is 443 g/mol. The molecule has 5 rings (SSSR count). The molecule has 0 radical (unpaired) electrons. The van der Waals surface area contributed by atoms with Gasteiger partial charge in [0.25, 0.3) is 5.91 Å². The third-order valence-corrected chi connectivity index (χ3v) is 6.15. The fourth-order valence-corrected chi connectivity index (χ4v) is 4.53. The maximum absolute atomic E-state index is 12.9. The molecule has 3 saturated heterocycles. The molecule has 0 N–H and O–H groups in total. The fraction of sp³-hybridized carbons (Fsp3) is 0.474. The first kappa shape index (κ1) is 17.9. The number of pyridine rings is 1. The Balaban J connectivity index is 1.81. The Morgan fingerprint density at radius 3 is 2.58 bits per heavy atom. The number of hydrogen-bond acceptors (Lipinski definition) is 4. The van der Waals surface area contributed by atoms with E-state index in [0.717, 1.165) is 48.4 Å². The Hall–Kier alpha value is -1.45. The summed E-state index contributed by atoms with van der Waals surface area (Å²) in [4.78, 5) is 32.0. The summed E-state index contributed by atoms with van der Waals surface area (Å²) in [6.07, 6.45) is 1.76. The quantitative estimate of drug-likeness (QED) is 0.641. The van der Waals surface area contributed by atoms with Gasteiger partial charge in [0.1, 0.15) is 5.56 Å². The van der Waals surface area contributed by atoms with Crippen LogP contribution < -0.4 is 5.43 Å². The fourth-order valence-electron chi connectivity index (χ4n) is 4.04. The van der Waals surface area contributed by atoms with Gasteiger partial charge in [-0.15, -0.1) is 0 Å². The van der Waals surface area contributed by atoms with Gasteiger partial charge in [-0.25, -0.2) is 0 Å². The predicted octanol–water partition coefficient (Wildman–Crippen LogP) is 1.31. The second kappa shape index (κ2) is 6.94. The van der Waals surface area contributed by atoms with Crippen LogP contribution in [0.25, 0.3) is 10.9 Å². The zero-order valence-electron chi connectivity index (χ0n) is 15.1. The van der Waals surface area contributed by atoms with E-state index in [2.05, 4.69) is 37.0 Å². The number of halogens is 1. The van der Waals surface area contributed by atoms with Crippen LogP contribution in [0.1, 0.15) is 10.4 Å². The van der Waals surface area contributed by atoms with Gasteiger partial charge in [0.2, 0.25) is 5.43 Å². The summed E-state index contributed by atoms with van der Waals surface area (Å²) in [7, 11) is 3.37. The van der Waals surface area contributed by atoms with Gasteiger partial charge in [-0.1, -0.05) is 0 Å². The summed E-state index contributed by atoms with van der Waals surface area (Å²) in [6, 6.07) is 6.32. The normalized spacial score (nSPS) is 24.8. The van der Waals surface area contributed by atoms with Crippen molar-refractivity contribution in [1.29, 1.82) is 0 Å². The first-order chi connectivity index (χ1) is 12.4. The number of hydrogen-bond donors (Lipinski definition) is 0. The van der Waals surface area contributed by atoms with Crippen molar-refractivity contribution < 1.29 is 4.79 Å². The summed E-state index contributed by atoms with van der Waals surface area (Å²) >= 11 is 2.21. The van der Waals surface area contributed by atoms with Crippen LogP contribution >= 0.6 is 22.6 Å². The minimum Gasteiger partial charge on any atom is -0.345 e. The molecule has 3 aliphatic rings. The molecule has 1 atom stereocenters. The number of fused-ring (bicyclic) bond motifs is 4. The summed E-state index contributed by atoms with van der Waals surface area (Å²) in [6.45, 7) is 6.33. The molecule has 1 aromatic heterocycles. The lowest BCUT2D eigenvalue weighted by molar-refractivity contribution is 0.00666. The van der Waals surface area contributed by atoms with Crippen molar-refractivity contribution in [3.8, 4) is 0 Å². The standard InChI is InChI=1S/C19H23IN4O2/c1-21(2)19(26)16-12-24(11-14-10-22-5-7-23(14)8-6-22)17-4-3-13(20)9-15(17)18(16)25/h3-4,9,12,14H,5-8,10-11H2,1-2H3. The molecule has 0 spiro atoms. The van der Waals surface area contributed by atoms with Crippen molar-refractivity contribution in [1.82, 2.24) is 19.3 Å². The number of nitrogens with zero attached hydrogens (tertiary/aromatic N) is 4. The third-order valence-electron chi connectivity index (χ3n) is 5.48. The zero-order valence-corrected chi connectivity index (χ0v) is 17.3. The molecule has 3 aliphatic heterocycles. The van der Waals surface area contributed by atoms with Crippen LogP contribution in [0, 0.1) is 3.57 Å². The number of carbonyl (C=O) groups excluding carboxylic acids is 1. The lowest BCUT2D eigenvalue weighted by atomic mass is 10.1. The van der Waals surface area contributed by atoms with Crippen molar-refractivity contribution in [3.63, 3.8) is 0 Å². The smallest absolute Gasteiger partial charge is 0.258 e. The highest BCUT2D eigenvalue weighted by molar-refractivity contribution is 14.1. The third kappa shape index (κ3) is 3.16. The van der Waals surface area contributed by atoms with E-state index in [1.807, 2.05) is 18.2 Å². The minimum atomic E-state index is -0.237. The Morgan fingerprint density at radius 1 is 1.23 bits per heavy atom. The number of rotatable bonds is 3. The number of aromatic nitrogens is 1. The van der Waals surface area contributed by atoms with Crippen LogP contribution in [0.4, 0.5) is 0 Å². The molecule has 1 amide bonds. The van der Waals surface area contributed by atoms with Crippen LogP contribution in [0.2, 0.25) is 0 Å². The van der Waals surface area contributed by atoms with Crippen molar-refractivity contribution in [2.24, 2.45) is 0 Å². The average Bonchev–Trinajstić information content (AvgIpc) is 2.64. The Morgan fingerprint density at radius 2 is 1.96 bits per heavy atom. The second-order valence-electron chi connectivity index (χ2n) is 7.38. The molecular formula is C19H23IN4O2. The molecule has 0 saturated carbocycles. The van der Waals surface area contributed by atoms with Crippen LogP contribution in [-0.4, -0.2) is 78.0 Å². The molecule has 26 heavy (non-hydrogen) atoms. The van der Waals surface area contributed by atoms with Gasteiger partial charge in [-0.05, 0) is 40.8 Å². The van der Waals surface area contributed by atoms with Crippen LogP contribution in [0.15, 0.2) is 29.2 Å². The van der Waals surface area contributed by atoms with E-state index < -0.39 is 0 Å². The molecule has 4 heterocycles. The van der Waals surface area contributed by atoms with Crippen LogP contribution in [0.5, 0.6) is 0 Å². The highest BCUT2D eigenvalue weighted by Crippen LogP contribution is 2.21. The van der Waals surface area contributed by atoms with Gasteiger partial charge in [0.05, 0.1) is 5.52 Å². The van der Waals surface area contributed by atoms with Gasteiger partial charge < -0.3 is 9.47 Å². The van der Waals surface area contributed by atoms with Crippen molar-refractivity contribution in [2.75, 3.05) is 46.8 Å². The lowest BCUT2D eigenvalue weighted by Crippen LogP contribution is -2.61. The average molecular weight is 466 g/mol. The number of piperazine rings is 3. The molecule has 138 valence electrons. The molecule has 1 unspecified atom stereocenters. The van der Waals surface area contributed by atoms with E-state index in [1.54, 1.807) is 20.3 Å². The van der Waals surface area contributed by atoms with Crippen molar-refractivity contribution >= 4 is 39.4 Å². The number of amides is 1. The van der Waals surface area contributed by atoms with E-state index in [-0.39, 0.29) is 16.9 Å². The second-order valence-corrected chi connectivity index (χ2v) is 8.62. The Kier molecular flexibility index (Phi) is 4.79. The topological polar surface area (TPSA) is 48.8 Å². The molecule has 2 bridgehead atoms.